The van der Waals surface area contributed by atoms with Crippen LogP contribution in [-0.4, -0.2) is 17.8 Å². The lowest BCUT2D eigenvalue weighted by Crippen LogP contribution is -2.12. The van der Waals surface area contributed by atoms with Gasteiger partial charge in [-0.05, 0) is 23.9 Å². The average Bonchev–Trinajstić information content (AvgIpc) is 2.26. The van der Waals surface area contributed by atoms with E-state index in [0.717, 1.165) is 37.8 Å². The molecular weight excluding hydrogens is 228 g/mol. The molecule has 1 atom stereocenters. The maximum absolute atomic E-state index is 11.1. The van der Waals surface area contributed by atoms with Gasteiger partial charge in [-0.3, -0.25) is 4.79 Å². The summed E-state index contributed by atoms with van der Waals surface area (Å²) in [6.45, 7) is 4.62. The molecule has 0 aliphatic carbocycles. The van der Waals surface area contributed by atoms with Gasteiger partial charge in [0.2, 0.25) is 5.24 Å². The van der Waals surface area contributed by atoms with Crippen molar-refractivity contribution in [2.75, 3.05) is 6.61 Å². The summed E-state index contributed by atoms with van der Waals surface area (Å²) >= 11 is 5.05. The summed E-state index contributed by atoms with van der Waals surface area (Å²) in [7, 11) is 0. The smallest absolute Gasteiger partial charge is 0.330 e. The van der Waals surface area contributed by atoms with Gasteiger partial charge in [0.05, 0.1) is 6.61 Å². The van der Waals surface area contributed by atoms with E-state index in [1.54, 1.807) is 0 Å². The molecule has 0 aromatic heterocycles. The predicted molar refractivity (Wildman–Crippen MR) is 64.3 cm³/mol. The van der Waals surface area contributed by atoms with Crippen LogP contribution in [0.1, 0.15) is 39.5 Å². The van der Waals surface area contributed by atoms with Crippen molar-refractivity contribution in [3.8, 4) is 0 Å². The van der Waals surface area contributed by atoms with E-state index >= 15 is 0 Å². The molecule has 0 rings (SSSR count). The minimum Gasteiger partial charge on any atom is -0.462 e. The maximum Gasteiger partial charge on any atom is 0.330 e. The molecule has 0 bridgehead atoms. The molecule has 4 heteroatoms. The number of hydrogen-bond donors (Lipinski definition) is 0. The van der Waals surface area contributed by atoms with Crippen molar-refractivity contribution in [2.24, 2.45) is 5.92 Å². The number of rotatable bonds is 8. The Morgan fingerprint density at radius 2 is 2.00 bits per heavy atom. The number of esters is 1. The van der Waals surface area contributed by atoms with E-state index in [4.69, 9.17) is 16.3 Å². The van der Waals surface area contributed by atoms with E-state index < -0.39 is 11.2 Å². The number of unbranched alkanes of at least 4 members (excludes halogenated alkanes) is 1. The van der Waals surface area contributed by atoms with Gasteiger partial charge in [0.15, 0.2) is 0 Å². The first-order chi connectivity index (χ1) is 7.60. The summed E-state index contributed by atoms with van der Waals surface area (Å²) in [5, 5.41) is -0.671. The lowest BCUT2D eigenvalue weighted by atomic mass is 10.0. The molecule has 0 saturated heterocycles. The molecule has 0 amide bonds. The Balaban J connectivity index is 3.83. The Morgan fingerprint density at radius 3 is 2.50 bits per heavy atom. The van der Waals surface area contributed by atoms with Gasteiger partial charge in [0.25, 0.3) is 0 Å². The van der Waals surface area contributed by atoms with Crippen molar-refractivity contribution < 1.29 is 14.3 Å². The van der Waals surface area contributed by atoms with Crippen molar-refractivity contribution in [2.45, 2.75) is 39.5 Å². The fourth-order valence-electron chi connectivity index (χ4n) is 1.28. The Hall–Kier alpha value is -0.830. The largest absolute Gasteiger partial charge is 0.462 e. The molecule has 0 aromatic carbocycles. The minimum absolute atomic E-state index is 0.406. The van der Waals surface area contributed by atoms with Gasteiger partial charge in [0, 0.05) is 12.2 Å². The lowest BCUT2D eigenvalue weighted by molar-refractivity contribution is -0.139. The summed E-state index contributed by atoms with van der Waals surface area (Å²) in [6, 6.07) is 0. The Labute approximate surface area is 102 Å². The highest BCUT2D eigenvalue weighted by Crippen LogP contribution is 2.12. The van der Waals surface area contributed by atoms with E-state index in [-0.39, 0.29) is 0 Å². The van der Waals surface area contributed by atoms with Crippen LogP contribution in [0.4, 0.5) is 0 Å². The van der Waals surface area contributed by atoms with Gasteiger partial charge >= 0.3 is 5.97 Å². The molecule has 1 unspecified atom stereocenters. The quantitative estimate of drug-likeness (QED) is 0.376. The SMILES string of the molecule is CCCCC(CC)COC(=O)/C=C\C(=O)Cl. The first kappa shape index (κ1) is 15.2. The number of ether oxygens (including phenoxy) is 1. The molecule has 0 saturated carbocycles. The second kappa shape index (κ2) is 9.40. The van der Waals surface area contributed by atoms with Crippen molar-refractivity contribution in [1.82, 2.24) is 0 Å². The topological polar surface area (TPSA) is 43.4 Å². The third-order valence-corrected chi connectivity index (χ3v) is 2.48. The second-order valence-electron chi connectivity index (χ2n) is 3.68. The molecule has 92 valence electrons. The van der Waals surface area contributed by atoms with Crippen LogP contribution in [0.2, 0.25) is 0 Å². The van der Waals surface area contributed by atoms with E-state index in [0.29, 0.717) is 12.5 Å². The molecule has 16 heavy (non-hydrogen) atoms. The van der Waals surface area contributed by atoms with Gasteiger partial charge in [-0.1, -0.05) is 33.1 Å². The third-order valence-electron chi connectivity index (χ3n) is 2.36. The lowest BCUT2D eigenvalue weighted by Gasteiger charge is -2.13. The van der Waals surface area contributed by atoms with Gasteiger partial charge < -0.3 is 4.74 Å². The first-order valence-electron chi connectivity index (χ1n) is 5.64. The highest BCUT2D eigenvalue weighted by atomic mass is 35.5. The van der Waals surface area contributed by atoms with E-state index in [1.165, 1.54) is 0 Å². The highest BCUT2D eigenvalue weighted by molar-refractivity contribution is 6.66. The number of carbonyl (C=O) groups excluding carboxylic acids is 2. The zero-order chi connectivity index (χ0) is 12.4. The van der Waals surface area contributed by atoms with Crippen molar-refractivity contribution in [3.63, 3.8) is 0 Å². The van der Waals surface area contributed by atoms with Crippen LogP contribution >= 0.6 is 11.6 Å². The van der Waals surface area contributed by atoms with Gasteiger partial charge in [-0.25, -0.2) is 4.79 Å². The molecular formula is C12H19ClO3. The monoisotopic (exact) mass is 246 g/mol. The number of allylic oxidation sites excluding steroid dienone is 1. The molecule has 0 radical (unpaired) electrons. The molecule has 0 spiro atoms. The molecule has 0 aliphatic rings. The van der Waals surface area contributed by atoms with Crippen LogP contribution in [0.25, 0.3) is 0 Å². The molecule has 3 nitrogen and oxygen atoms in total. The highest BCUT2D eigenvalue weighted by Gasteiger charge is 2.08. The van der Waals surface area contributed by atoms with Crippen molar-refractivity contribution >= 4 is 22.8 Å². The van der Waals surface area contributed by atoms with E-state index in [9.17, 15) is 9.59 Å². The zero-order valence-corrected chi connectivity index (χ0v) is 10.6. The van der Waals surface area contributed by atoms with Crippen LogP contribution in [0.3, 0.4) is 0 Å². The molecule has 0 fully saturated rings. The summed E-state index contributed by atoms with van der Waals surface area (Å²) in [4.78, 5) is 21.5. The maximum atomic E-state index is 11.1. The van der Waals surface area contributed by atoms with Crippen molar-refractivity contribution in [3.05, 3.63) is 12.2 Å². The fourth-order valence-corrected chi connectivity index (χ4v) is 1.34. The number of hydrogen-bond acceptors (Lipinski definition) is 3. The molecule has 0 heterocycles. The van der Waals surface area contributed by atoms with Crippen LogP contribution in [0, 0.1) is 5.92 Å². The summed E-state index contributed by atoms with van der Waals surface area (Å²) < 4.78 is 5.01. The summed E-state index contributed by atoms with van der Waals surface area (Å²) in [5.41, 5.74) is 0. The van der Waals surface area contributed by atoms with Crippen LogP contribution in [-0.2, 0) is 14.3 Å². The standard InChI is InChI=1S/C12H19ClO3/c1-3-5-6-10(4-2)9-16-12(15)8-7-11(13)14/h7-8,10H,3-6,9H2,1-2H3/b8-7-. The first-order valence-corrected chi connectivity index (χ1v) is 6.02. The minimum atomic E-state index is -0.671. The molecule has 0 aliphatic heterocycles. The van der Waals surface area contributed by atoms with E-state index in [2.05, 4.69) is 13.8 Å². The third kappa shape index (κ3) is 8.48. The second-order valence-corrected chi connectivity index (χ2v) is 4.06. The van der Waals surface area contributed by atoms with E-state index in [1.807, 2.05) is 0 Å². The van der Waals surface area contributed by atoms with Crippen LogP contribution in [0.15, 0.2) is 12.2 Å². The normalized spacial score (nSPS) is 12.7. The van der Waals surface area contributed by atoms with Gasteiger partial charge in [-0.15, -0.1) is 0 Å². The number of halogens is 1. The van der Waals surface area contributed by atoms with Gasteiger partial charge in [-0.2, -0.15) is 0 Å². The summed E-state index contributed by atoms with van der Waals surface area (Å²) in [6.07, 6.45) is 6.40. The average molecular weight is 247 g/mol. The number of carbonyl (C=O) groups is 2. The fraction of sp³-hybridized carbons (Fsp3) is 0.667. The summed E-state index contributed by atoms with van der Waals surface area (Å²) in [5.74, 6) is -0.104. The Bertz CT molecular complexity index is 249. The van der Waals surface area contributed by atoms with Crippen molar-refractivity contribution in [1.29, 1.82) is 0 Å². The predicted octanol–water partition coefficient (Wildman–Crippen LogP) is 3.07. The van der Waals surface area contributed by atoms with Crippen LogP contribution < -0.4 is 0 Å². The zero-order valence-electron chi connectivity index (χ0n) is 9.87. The molecule has 0 aromatic rings. The van der Waals surface area contributed by atoms with Crippen LogP contribution in [0.5, 0.6) is 0 Å². The van der Waals surface area contributed by atoms with Gasteiger partial charge in [0.1, 0.15) is 0 Å². The Morgan fingerprint density at radius 1 is 1.31 bits per heavy atom. The Kier molecular flexibility index (Phi) is 8.91. The molecule has 0 N–H and O–H groups in total.